The molecule has 0 saturated carbocycles. The molecule has 4 aromatic rings. The molecule has 2 unspecified atom stereocenters. The molecule has 41 heavy (non-hydrogen) atoms. The van der Waals surface area contributed by atoms with Crippen LogP contribution in [0.1, 0.15) is 17.0 Å². The van der Waals surface area contributed by atoms with Crippen LogP contribution in [0.15, 0.2) is 67.0 Å². The summed E-state index contributed by atoms with van der Waals surface area (Å²) in [5.74, 6) is 0.861. The number of nitrogens with one attached hydrogen (secondary N) is 2. The first-order valence-electron chi connectivity index (χ1n) is 13.5. The van der Waals surface area contributed by atoms with Gasteiger partial charge in [-0.05, 0) is 36.8 Å². The van der Waals surface area contributed by atoms with Crippen molar-refractivity contribution in [1.82, 2.24) is 30.0 Å². The maximum absolute atomic E-state index is 13.6. The van der Waals surface area contributed by atoms with Gasteiger partial charge in [-0.3, -0.25) is 10.2 Å². The number of carbonyl (C=O) groups excluding carboxylic acids is 1. The number of urea groups is 1. The van der Waals surface area contributed by atoms with Gasteiger partial charge in [-0.2, -0.15) is 5.10 Å². The molecule has 214 valence electrons. The van der Waals surface area contributed by atoms with Crippen LogP contribution in [0.25, 0.3) is 16.9 Å². The predicted molar refractivity (Wildman–Crippen MR) is 157 cm³/mol. The molecule has 3 heterocycles. The lowest BCUT2D eigenvalue weighted by molar-refractivity contribution is 0.159. The van der Waals surface area contributed by atoms with Gasteiger partial charge in [0.05, 0.1) is 18.3 Å². The van der Waals surface area contributed by atoms with E-state index in [-0.39, 0.29) is 23.8 Å². The lowest BCUT2D eigenvalue weighted by Gasteiger charge is -2.21. The molecule has 2 atom stereocenters. The Hall–Kier alpha value is -4.35. The van der Waals surface area contributed by atoms with E-state index in [1.165, 1.54) is 12.1 Å². The molecule has 0 aliphatic carbocycles. The van der Waals surface area contributed by atoms with Crippen LogP contribution in [0, 0.1) is 12.7 Å². The Labute approximate surface area is 239 Å². The van der Waals surface area contributed by atoms with Gasteiger partial charge in [0.25, 0.3) is 0 Å². The van der Waals surface area contributed by atoms with E-state index in [4.69, 9.17) is 9.84 Å². The van der Waals surface area contributed by atoms with Gasteiger partial charge in [-0.1, -0.05) is 30.3 Å². The molecule has 0 radical (unpaired) electrons. The van der Waals surface area contributed by atoms with Crippen LogP contribution in [0.4, 0.5) is 21.0 Å². The molecular weight excluding hydrogens is 523 g/mol. The average Bonchev–Trinajstić information content (AvgIpc) is 3.53. The van der Waals surface area contributed by atoms with Crippen molar-refractivity contribution in [3.63, 3.8) is 0 Å². The Morgan fingerprint density at radius 1 is 1.07 bits per heavy atom. The molecule has 2 aromatic carbocycles. The van der Waals surface area contributed by atoms with Crippen LogP contribution < -0.4 is 15.5 Å². The Kier molecular flexibility index (Phi) is 8.55. The summed E-state index contributed by atoms with van der Waals surface area (Å²) < 4.78 is 20.6. The van der Waals surface area contributed by atoms with E-state index in [9.17, 15) is 9.18 Å². The highest BCUT2D eigenvalue weighted by molar-refractivity contribution is 5.91. The second kappa shape index (κ2) is 12.4. The minimum Gasteiger partial charge on any atom is -0.383 e. The van der Waals surface area contributed by atoms with E-state index < -0.39 is 0 Å². The molecule has 10 nitrogen and oxygen atoms in total. The van der Waals surface area contributed by atoms with Crippen LogP contribution >= 0.6 is 0 Å². The number of para-hydroxylation sites is 1. The summed E-state index contributed by atoms with van der Waals surface area (Å²) in [6.45, 7) is 4.63. The van der Waals surface area contributed by atoms with E-state index in [1.54, 1.807) is 36.3 Å². The number of benzene rings is 2. The van der Waals surface area contributed by atoms with Crippen molar-refractivity contribution in [1.29, 1.82) is 0 Å². The molecule has 2 amide bonds. The monoisotopic (exact) mass is 558 g/mol. The Balaban J connectivity index is 1.42. The zero-order chi connectivity index (χ0) is 28.9. The topological polar surface area (TPSA) is 100 Å². The maximum Gasteiger partial charge on any atom is 0.320 e. The average molecular weight is 559 g/mol. The third kappa shape index (κ3) is 6.36. The van der Waals surface area contributed by atoms with Gasteiger partial charge < -0.3 is 15.0 Å². The number of ether oxygens (including phenoxy) is 1. The minimum absolute atomic E-state index is 0.00117. The first-order chi connectivity index (χ1) is 19.8. The number of amides is 2. The fourth-order valence-corrected chi connectivity index (χ4v) is 5.14. The summed E-state index contributed by atoms with van der Waals surface area (Å²) >= 11 is 0. The number of aromatic nitrogens is 4. The molecule has 1 saturated heterocycles. The van der Waals surface area contributed by atoms with E-state index in [0.717, 1.165) is 35.5 Å². The predicted octanol–water partition coefficient (Wildman–Crippen LogP) is 4.08. The molecule has 2 aromatic heterocycles. The highest BCUT2D eigenvalue weighted by Gasteiger charge is 2.35. The SMILES string of the molecule is COCCN1CC(NC(=O)Nc2c(C)c(-c3cnc(N(C)C)nc3)nn2-c2ccccc2)C(c2ccc(F)cc2)C1. The molecule has 1 aliphatic heterocycles. The van der Waals surface area contributed by atoms with Crippen LogP contribution in [0.5, 0.6) is 0 Å². The van der Waals surface area contributed by atoms with Crippen molar-refractivity contribution < 1.29 is 13.9 Å². The van der Waals surface area contributed by atoms with Crippen molar-refractivity contribution >= 4 is 17.8 Å². The number of halogens is 1. The molecule has 11 heteroatoms. The third-order valence-corrected chi connectivity index (χ3v) is 7.29. The highest BCUT2D eigenvalue weighted by Crippen LogP contribution is 2.31. The second-order valence-corrected chi connectivity index (χ2v) is 10.4. The van der Waals surface area contributed by atoms with E-state index >= 15 is 0 Å². The number of hydrogen-bond donors (Lipinski definition) is 2. The van der Waals surface area contributed by atoms with Crippen molar-refractivity contribution in [2.24, 2.45) is 0 Å². The molecule has 0 bridgehead atoms. The standard InChI is InChI=1S/C30H35FN8O2/c1-20-27(22-16-32-29(33-17-22)37(2)3)36-39(24-8-6-5-7-9-24)28(20)35-30(40)34-26-19-38(14-15-41-4)18-25(26)21-10-12-23(31)13-11-21/h5-13,16-17,25-26H,14-15,18-19H2,1-4H3,(H2,34,35,40). The number of carbonyl (C=O) groups is 1. The zero-order valence-corrected chi connectivity index (χ0v) is 23.7. The number of methoxy groups -OCH3 is 1. The van der Waals surface area contributed by atoms with Crippen LogP contribution in [-0.2, 0) is 4.74 Å². The van der Waals surface area contributed by atoms with E-state index in [1.807, 2.05) is 56.3 Å². The summed E-state index contributed by atoms with van der Waals surface area (Å²) in [4.78, 5) is 26.5. The van der Waals surface area contributed by atoms with Gasteiger partial charge in [-0.15, -0.1) is 0 Å². The lowest BCUT2D eigenvalue weighted by atomic mass is 9.94. The maximum atomic E-state index is 13.6. The first-order valence-corrected chi connectivity index (χ1v) is 13.5. The first kappa shape index (κ1) is 28.2. The van der Waals surface area contributed by atoms with Gasteiger partial charge in [0.15, 0.2) is 0 Å². The summed E-state index contributed by atoms with van der Waals surface area (Å²) in [5.41, 5.74) is 3.98. The number of hydrogen-bond acceptors (Lipinski definition) is 7. The lowest BCUT2D eigenvalue weighted by Crippen LogP contribution is -2.42. The normalized spacial score (nSPS) is 17.0. The van der Waals surface area contributed by atoms with Gasteiger partial charge in [0.1, 0.15) is 17.3 Å². The second-order valence-electron chi connectivity index (χ2n) is 10.4. The molecule has 1 fully saturated rings. The Morgan fingerprint density at radius 2 is 1.78 bits per heavy atom. The van der Waals surface area contributed by atoms with Crippen molar-refractivity contribution in [3.05, 3.63) is 83.9 Å². The summed E-state index contributed by atoms with van der Waals surface area (Å²) in [7, 11) is 5.44. The van der Waals surface area contributed by atoms with Crippen molar-refractivity contribution in [2.75, 3.05) is 57.7 Å². The number of rotatable bonds is 9. The Morgan fingerprint density at radius 3 is 2.44 bits per heavy atom. The number of nitrogens with zero attached hydrogens (tertiary/aromatic N) is 6. The van der Waals surface area contributed by atoms with E-state index in [2.05, 4.69) is 25.5 Å². The van der Waals surface area contributed by atoms with E-state index in [0.29, 0.717) is 30.6 Å². The molecule has 1 aliphatic rings. The van der Waals surface area contributed by atoms with Crippen LogP contribution in [0.2, 0.25) is 0 Å². The molecule has 2 N–H and O–H groups in total. The largest absolute Gasteiger partial charge is 0.383 e. The number of anilines is 2. The van der Waals surface area contributed by atoms with Crippen LogP contribution in [0.3, 0.4) is 0 Å². The fourth-order valence-electron chi connectivity index (χ4n) is 5.14. The van der Waals surface area contributed by atoms with Gasteiger partial charge in [0.2, 0.25) is 5.95 Å². The third-order valence-electron chi connectivity index (χ3n) is 7.29. The van der Waals surface area contributed by atoms with Gasteiger partial charge in [-0.25, -0.2) is 23.8 Å². The smallest absolute Gasteiger partial charge is 0.320 e. The quantitative estimate of drug-likeness (QED) is 0.319. The number of likely N-dealkylation sites (tertiary alicyclic amines) is 1. The highest BCUT2D eigenvalue weighted by atomic mass is 19.1. The van der Waals surface area contributed by atoms with Crippen molar-refractivity contribution in [2.45, 2.75) is 18.9 Å². The fraction of sp³-hybridized carbons (Fsp3) is 0.333. The minimum atomic E-state index is -0.346. The van der Waals surface area contributed by atoms with Crippen LogP contribution in [-0.4, -0.2) is 84.2 Å². The molecule has 0 spiro atoms. The summed E-state index contributed by atoms with van der Waals surface area (Å²) in [6, 6.07) is 15.6. The summed E-state index contributed by atoms with van der Waals surface area (Å²) in [6.07, 6.45) is 3.47. The Bertz CT molecular complexity index is 1460. The van der Waals surface area contributed by atoms with Gasteiger partial charge >= 0.3 is 6.03 Å². The zero-order valence-electron chi connectivity index (χ0n) is 23.7. The molecular formula is C30H35FN8O2. The summed E-state index contributed by atoms with van der Waals surface area (Å²) in [5, 5.41) is 11.1. The van der Waals surface area contributed by atoms with Crippen molar-refractivity contribution in [3.8, 4) is 16.9 Å². The molecule has 5 rings (SSSR count). The van der Waals surface area contributed by atoms with Gasteiger partial charge in [0, 0.05) is 70.3 Å².